The molecule has 2 nitrogen and oxygen atoms in total. The van der Waals surface area contributed by atoms with E-state index in [-0.39, 0.29) is 0 Å². The molecule has 2 aliphatic rings. The van der Waals surface area contributed by atoms with Crippen molar-refractivity contribution in [2.75, 3.05) is 9.80 Å². The lowest BCUT2D eigenvalue weighted by Gasteiger charge is -2.34. The third-order valence-electron chi connectivity index (χ3n) is 14.3. The Morgan fingerprint density at radius 1 is 0.217 bits per heavy atom. The van der Waals surface area contributed by atoms with Crippen LogP contribution < -0.4 is 9.80 Å². The fourth-order valence-electron chi connectivity index (χ4n) is 11.3. The van der Waals surface area contributed by atoms with E-state index >= 15 is 0 Å². The molecule has 0 heterocycles. The van der Waals surface area contributed by atoms with Gasteiger partial charge in [0, 0.05) is 22.7 Å². The van der Waals surface area contributed by atoms with Gasteiger partial charge >= 0.3 is 0 Å². The summed E-state index contributed by atoms with van der Waals surface area (Å²) in [5.74, 6) is 0. The largest absolute Gasteiger partial charge is 0.308 e. The quantitative estimate of drug-likeness (QED) is 0.143. The molecule has 0 fully saturated rings. The molecule has 2 aliphatic carbocycles. The van der Waals surface area contributed by atoms with Gasteiger partial charge in [-0.25, -0.2) is 0 Å². The van der Waals surface area contributed by atoms with Crippen molar-refractivity contribution in [2.45, 2.75) is 5.41 Å². The topological polar surface area (TPSA) is 6.48 Å². The van der Waals surface area contributed by atoms with Crippen LogP contribution in [0.5, 0.6) is 0 Å². The van der Waals surface area contributed by atoms with Crippen LogP contribution >= 0.6 is 0 Å². The third kappa shape index (κ3) is 6.56. The minimum Gasteiger partial charge on any atom is -0.308 e. The number of benzene rings is 11. The molecular weight excluding hydrogens is 833 g/mol. The normalized spacial score (nSPS) is 12.5. The molecule has 0 bridgehead atoms. The number of hydrogen-bond acceptors (Lipinski definition) is 2. The molecule has 0 atom stereocenters. The summed E-state index contributed by atoms with van der Waals surface area (Å²) in [5.41, 5.74) is 23.5. The maximum atomic E-state index is 2.43. The van der Waals surface area contributed by atoms with E-state index in [1.165, 1.54) is 72.3 Å². The van der Waals surface area contributed by atoms with Gasteiger partial charge in [0.2, 0.25) is 0 Å². The summed E-state index contributed by atoms with van der Waals surface area (Å²) in [7, 11) is 0. The van der Waals surface area contributed by atoms with E-state index in [4.69, 9.17) is 0 Å². The molecule has 13 rings (SSSR count). The summed E-state index contributed by atoms with van der Waals surface area (Å²) in [6.07, 6.45) is 0. The Labute approximate surface area is 404 Å². The summed E-state index contributed by atoms with van der Waals surface area (Å²) in [6, 6.07) is 102. The molecule has 0 aliphatic heterocycles. The lowest BCUT2D eigenvalue weighted by atomic mass is 9.70. The van der Waals surface area contributed by atoms with E-state index in [1.807, 2.05) is 0 Å². The lowest BCUT2D eigenvalue weighted by Crippen LogP contribution is -2.25. The van der Waals surface area contributed by atoms with Crippen molar-refractivity contribution in [3.63, 3.8) is 0 Å². The first-order valence-electron chi connectivity index (χ1n) is 23.8. The maximum Gasteiger partial charge on any atom is 0.0725 e. The van der Waals surface area contributed by atoms with Gasteiger partial charge < -0.3 is 9.80 Å². The molecule has 1 spiro atoms. The Hall–Kier alpha value is -8.98. The van der Waals surface area contributed by atoms with Crippen LogP contribution in [0.25, 0.3) is 55.6 Å². The number of rotatable bonds is 9. The van der Waals surface area contributed by atoms with Crippen molar-refractivity contribution in [3.8, 4) is 55.6 Å². The fourth-order valence-corrected chi connectivity index (χ4v) is 11.3. The van der Waals surface area contributed by atoms with Crippen molar-refractivity contribution in [2.24, 2.45) is 0 Å². The predicted molar refractivity (Wildman–Crippen MR) is 288 cm³/mol. The zero-order chi connectivity index (χ0) is 45.7. The van der Waals surface area contributed by atoms with E-state index in [1.54, 1.807) is 0 Å². The Bertz CT molecular complexity index is 3590. The second-order valence-corrected chi connectivity index (χ2v) is 18.0. The van der Waals surface area contributed by atoms with E-state index in [0.717, 1.165) is 39.7 Å². The highest BCUT2D eigenvalue weighted by molar-refractivity contribution is 6.02. The van der Waals surface area contributed by atoms with E-state index in [0.29, 0.717) is 0 Å². The van der Waals surface area contributed by atoms with Gasteiger partial charge in [-0.05, 0) is 139 Å². The fraction of sp³-hybridized carbons (Fsp3) is 0.0149. The zero-order valence-electron chi connectivity index (χ0n) is 38.0. The van der Waals surface area contributed by atoms with Crippen LogP contribution in [0.15, 0.2) is 279 Å². The Morgan fingerprint density at radius 2 is 0.565 bits per heavy atom. The summed E-state index contributed by atoms with van der Waals surface area (Å²) < 4.78 is 0. The highest BCUT2D eigenvalue weighted by atomic mass is 15.2. The number of nitrogens with zero attached hydrogens (tertiary/aromatic N) is 2. The summed E-state index contributed by atoms with van der Waals surface area (Å²) in [4.78, 5) is 4.85. The molecule has 69 heavy (non-hydrogen) atoms. The van der Waals surface area contributed by atoms with Crippen LogP contribution in [0.3, 0.4) is 0 Å². The van der Waals surface area contributed by atoms with Gasteiger partial charge in [0.25, 0.3) is 0 Å². The third-order valence-corrected chi connectivity index (χ3v) is 14.3. The van der Waals surface area contributed by atoms with Gasteiger partial charge in [-0.1, -0.05) is 218 Å². The highest BCUT2D eigenvalue weighted by Crippen LogP contribution is 2.64. The molecule has 0 saturated heterocycles. The first kappa shape index (κ1) is 40.3. The van der Waals surface area contributed by atoms with Crippen molar-refractivity contribution in [1.82, 2.24) is 0 Å². The Morgan fingerprint density at radius 3 is 1.07 bits per heavy atom. The zero-order valence-corrected chi connectivity index (χ0v) is 38.0. The number of anilines is 6. The van der Waals surface area contributed by atoms with Crippen LogP contribution in [-0.4, -0.2) is 0 Å². The van der Waals surface area contributed by atoms with Crippen molar-refractivity contribution >= 4 is 34.1 Å². The van der Waals surface area contributed by atoms with Crippen molar-refractivity contribution in [1.29, 1.82) is 0 Å². The maximum absolute atomic E-state index is 2.43. The number of fused-ring (bicyclic) bond motifs is 10. The molecule has 0 amide bonds. The SMILES string of the molecule is c1ccc(-c2ccc(N(c3ccccc3)c3ccc(-c4cccc5c4-c4ccccc4C54c5ccccc5-c5ccccc54)cc3N(c3ccccc3)c3ccc(-c4ccccc4)cc3)cc2)cc1. The molecule has 324 valence electrons. The average Bonchev–Trinajstić information content (AvgIpc) is 3.91. The molecule has 0 saturated carbocycles. The molecule has 0 N–H and O–H groups in total. The average molecular weight is 879 g/mol. The van der Waals surface area contributed by atoms with Gasteiger partial charge in [0.05, 0.1) is 16.8 Å². The lowest BCUT2D eigenvalue weighted by molar-refractivity contribution is 0.794. The van der Waals surface area contributed by atoms with Gasteiger partial charge in [-0.15, -0.1) is 0 Å². The summed E-state index contributed by atoms with van der Waals surface area (Å²) >= 11 is 0. The van der Waals surface area contributed by atoms with Crippen LogP contribution in [0.4, 0.5) is 34.1 Å². The second-order valence-electron chi connectivity index (χ2n) is 18.0. The first-order chi connectivity index (χ1) is 34.3. The van der Waals surface area contributed by atoms with E-state index in [2.05, 4.69) is 289 Å². The number of para-hydroxylation sites is 2. The highest BCUT2D eigenvalue weighted by Gasteiger charge is 2.52. The van der Waals surface area contributed by atoms with Gasteiger partial charge in [-0.3, -0.25) is 0 Å². The summed E-state index contributed by atoms with van der Waals surface area (Å²) in [5, 5.41) is 0. The second kappa shape index (κ2) is 16.7. The van der Waals surface area contributed by atoms with Gasteiger partial charge in [0.15, 0.2) is 0 Å². The predicted octanol–water partition coefficient (Wildman–Crippen LogP) is 18.0. The Kier molecular flexibility index (Phi) is 9.77. The molecule has 0 aromatic heterocycles. The van der Waals surface area contributed by atoms with E-state index in [9.17, 15) is 0 Å². The molecule has 0 unspecified atom stereocenters. The summed E-state index contributed by atoms with van der Waals surface area (Å²) in [6.45, 7) is 0. The molecule has 11 aromatic carbocycles. The first-order valence-corrected chi connectivity index (χ1v) is 23.8. The van der Waals surface area contributed by atoms with Gasteiger partial charge in [-0.2, -0.15) is 0 Å². The minimum atomic E-state index is -0.440. The van der Waals surface area contributed by atoms with Gasteiger partial charge in [0.1, 0.15) is 0 Å². The number of hydrogen-bond donors (Lipinski definition) is 0. The molecule has 11 aromatic rings. The molecule has 2 heteroatoms. The Balaban J connectivity index is 1.06. The van der Waals surface area contributed by atoms with Crippen LogP contribution in [0.1, 0.15) is 22.3 Å². The van der Waals surface area contributed by atoms with Crippen molar-refractivity contribution in [3.05, 3.63) is 301 Å². The molecular formula is C67H46N2. The van der Waals surface area contributed by atoms with Crippen LogP contribution in [0.2, 0.25) is 0 Å². The smallest absolute Gasteiger partial charge is 0.0725 e. The standard InChI is InChI=1S/C67H46N2/c1-5-20-47(21-6-1)49-36-41-54(42-37-49)68(52-24-9-3-10-25-52)64-45-40-51(46-65(64)69(53-26-11-4-12-27-53)55-43-38-50(39-44-55)48-22-7-2-8-23-48)56-31-19-35-63-66(56)59-30-15-18-34-62(59)67(63)60-32-16-13-28-57(60)58-29-14-17-33-61(58)67/h1-46H. The molecule has 0 radical (unpaired) electrons. The van der Waals surface area contributed by atoms with Crippen molar-refractivity contribution < 1.29 is 0 Å². The van der Waals surface area contributed by atoms with E-state index < -0.39 is 5.41 Å². The minimum absolute atomic E-state index is 0.440. The monoisotopic (exact) mass is 878 g/mol. The van der Waals surface area contributed by atoms with Crippen LogP contribution in [-0.2, 0) is 5.41 Å². The van der Waals surface area contributed by atoms with Crippen LogP contribution in [0, 0.1) is 0 Å².